The number of hydrogen-bond donors (Lipinski definition) is 1. The van der Waals surface area contributed by atoms with Crippen molar-refractivity contribution >= 4 is 29.3 Å². The predicted octanol–water partition coefficient (Wildman–Crippen LogP) is 1.85. The highest BCUT2D eigenvalue weighted by molar-refractivity contribution is 7.99. The summed E-state index contributed by atoms with van der Waals surface area (Å²) in [5.74, 6) is 0.503. The average Bonchev–Trinajstić information content (AvgIpc) is 3.42. The SMILES string of the molecule is CNC(=O)[C@@H]1CN(C(=O)CSc2nccn2C2CC2)c2ccccc2O1. The van der Waals surface area contributed by atoms with Gasteiger partial charge in [-0.3, -0.25) is 9.59 Å². The Labute approximate surface area is 155 Å². The molecule has 0 radical (unpaired) electrons. The van der Waals surface area contributed by atoms with Gasteiger partial charge in [0.2, 0.25) is 5.91 Å². The molecule has 2 heterocycles. The van der Waals surface area contributed by atoms with Gasteiger partial charge in [0, 0.05) is 25.5 Å². The molecule has 1 N–H and O–H groups in total. The molecule has 1 atom stereocenters. The Morgan fingerprint density at radius 2 is 2.15 bits per heavy atom. The Hall–Kier alpha value is -2.48. The summed E-state index contributed by atoms with van der Waals surface area (Å²) in [6, 6.07) is 7.82. The summed E-state index contributed by atoms with van der Waals surface area (Å²) in [5.41, 5.74) is 0.698. The topological polar surface area (TPSA) is 76.5 Å². The molecular weight excluding hydrogens is 352 g/mol. The van der Waals surface area contributed by atoms with Crippen LogP contribution in [0.2, 0.25) is 0 Å². The number of likely N-dealkylation sites (N-methyl/N-ethyl adjacent to an activating group) is 1. The first-order valence-corrected chi connectivity index (χ1v) is 9.59. The third-order valence-corrected chi connectivity index (χ3v) is 5.48. The number of para-hydroxylation sites is 2. The molecule has 2 aromatic rings. The minimum absolute atomic E-state index is 0.0648. The van der Waals surface area contributed by atoms with Gasteiger partial charge in [-0.2, -0.15) is 0 Å². The number of carbonyl (C=O) groups is 2. The molecule has 0 unspecified atom stereocenters. The molecule has 1 aliphatic carbocycles. The van der Waals surface area contributed by atoms with Crippen LogP contribution in [0.15, 0.2) is 41.8 Å². The van der Waals surface area contributed by atoms with Gasteiger partial charge < -0.3 is 19.5 Å². The standard InChI is InChI=1S/C18H20N4O3S/c1-19-17(24)15-10-22(13-4-2-3-5-14(13)25-15)16(23)11-26-18-20-8-9-21(18)12-6-7-12/h2-5,8-9,12,15H,6-7,10-11H2,1H3,(H,19,24)/t15-/m0/s1. The van der Waals surface area contributed by atoms with Crippen LogP contribution in [0, 0.1) is 0 Å². The van der Waals surface area contributed by atoms with E-state index in [9.17, 15) is 9.59 Å². The first-order chi connectivity index (χ1) is 12.7. The number of benzene rings is 1. The van der Waals surface area contributed by atoms with Crippen LogP contribution in [-0.2, 0) is 9.59 Å². The zero-order valence-electron chi connectivity index (χ0n) is 14.4. The fourth-order valence-corrected chi connectivity index (χ4v) is 3.92. The van der Waals surface area contributed by atoms with Gasteiger partial charge in [0.05, 0.1) is 18.0 Å². The number of nitrogens with one attached hydrogen (secondary N) is 1. The van der Waals surface area contributed by atoms with Gasteiger partial charge >= 0.3 is 0 Å². The zero-order chi connectivity index (χ0) is 18.1. The van der Waals surface area contributed by atoms with E-state index in [1.165, 1.54) is 24.6 Å². The minimum Gasteiger partial charge on any atom is -0.477 e. The Kier molecular flexibility index (Phi) is 4.58. The van der Waals surface area contributed by atoms with Crippen molar-refractivity contribution in [2.45, 2.75) is 30.1 Å². The van der Waals surface area contributed by atoms with Gasteiger partial charge in [0.1, 0.15) is 5.75 Å². The van der Waals surface area contributed by atoms with Gasteiger partial charge in [0.25, 0.3) is 5.91 Å². The first-order valence-electron chi connectivity index (χ1n) is 8.60. The molecule has 1 aromatic carbocycles. The van der Waals surface area contributed by atoms with E-state index in [0.29, 0.717) is 17.5 Å². The van der Waals surface area contributed by atoms with E-state index in [0.717, 1.165) is 5.16 Å². The van der Waals surface area contributed by atoms with Crippen molar-refractivity contribution in [3.05, 3.63) is 36.7 Å². The summed E-state index contributed by atoms with van der Waals surface area (Å²) in [7, 11) is 1.56. The number of nitrogens with zero attached hydrogens (tertiary/aromatic N) is 3. The second-order valence-corrected chi connectivity index (χ2v) is 7.27. The Bertz CT molecular complexity index is 833. The van der Waals surface area contributed by atoms with Gasteiger partial charge in [-0.1, -0.05) is 23.9 Å². The van der Waals surface area contributed by atoms with Crippen LogP contribution in [0.3, 0.4) is 0 Å². The second kappa shape index (κ2) is 7.03. The van der Waals surface area contributed by atoms with Gasteiger partial charge in [-0.15, -0.1) is 0 Å². The molecule has 1 aliphatic heterocycles. The fourth-order valence-electron chi connectivity index (χ4n) is 3.01. The van der Waals surface area contributed by atoms with Crippen LogP contribution in [0.4, 0.5) is 5.69 Å². The third kappa shape index (κ3) is 3.29. The Morgan fingerprint density at radius 1 is 1.35 bits per heavy atom. The molecule has 8 heteroatoms. The number of fused-ring (bicyclic) bond motifs is 1. The number of thioether (sulfide) groups is 1. The number of anilines is 1. The molecule has 7 nitrogen and oxygen atoms in total. The number of carbonyl (C=O) groups excluding carboxylic acids is 2. The second-order valence-electron chi connectivity index (χ2n) is 6.33. The molecule has 0 saturated heterocycles. The van der Waals surface area contributed by atoms with E-state index in [2.05, 4.69) is 14.9 Å². The van der Waals surface area contributed by atoms with Crippen molar-refractivity contribution in [3.63, 3.8) is 0 Å². The minimum atomic E-state index is -0.711. The summed E-state index contributed by atoms with van der Waals surface area (Å²) >= 11 is 1.43. The fraction of sp³-hybridized carbons (Fsp3) is 0.389. The largest absolute Gasteiger partial charge is 0.477 e. The smallest absolute Gasteiger partial charge is 0.262 e. The van der Waals surface area contributed by atoms with Crippen molar-refractivity contribution in [2.75, 3.05) is 24.2 Å². The molecule has 26 heavy (non-hydrogen) atoms. The quantitative estimate of drug-likeness (QED) is 0.811. The van der Waals surface area contributed by atoms with Gasteiger partial charge in [-0.25, -0.2) is 4.98 Å². The maximum Gasteiger partial charge on any atom is 0.262 e. The van der Waals surface area contributed by atoms with Crippen LogP contribution in [0.25, 0.3) is 0 Å². The summed E-state index contributed by atoms with van der Waals surface area (Å²) in [5, 5.41) is 3.45. The lowest BCUT2D eigenvalue weighted by atomic mass is 10.2. The molecular formula is C18H20N4O3S. The van der Waals surface area contributed by atoms with Crippen LogP contribution in [0.1, 0.15) is 18.9 Å². The highest BCUT2D eigenvalue weighted by Crippen LogP contribution is 2.38. The number of rotatable bonds is 5. The van der Waals surface area contributed by atoms with E-state index < -0.39 is 6.10 Å². The van der Waals surface area contributed by atoms with Crippen molar-refractivity contribution in [1.82, 2.24) is 14.9 Å². The monoisotopic (exact) mass is 372 g/mol. The van der Waals surface area contributed by atoms with E-state index in [4.69, 9.17) is 4.74 Å². The van der Waals surface area contributed by atoms with E-state index >= 15 is 0 Å². The normalized spacial score (nSPS) is 18.8. The maximum absolute atomic E-state index is 12.9. The number of ether oxygens (including phenoxy) is 1. The van der Waals surface area contributed by atoms with Crippen molar-refractivity contribution in [1.29, 1.82) is 0 Å². The number of hydrogen-bond acceptors (Lipinski definition) is 5. The molecule has 136 valence electrons. The molecule has 0 spiro atoms. The Morgan fingerprint density at radius 3 is 2.92 bits per heavy atom. The lowest BCUT2D eigenvalue weighted by molar-refractivity contribution is -0.127. The highest BCUT2D eigenvalue weighted by atomic mass is 32.2. The summed E-state index contributed by atoms with van der Waals surface area (Å²) in [6.07, 6.45) is 5.37. The Balaban J connectivity index is 1.50. The van der Waals surface area contributed by atoms with E-state index in [1.54, 1.807) is 24.2 Å². The van der Waals surface area contributed by atoms with E-state index in [1.807, 2.05) is 24.4 Å². The van der Waals surface area contributed by atoms with Crippen LogP contribution in [0.5, 0.6) is 5.75 Å². The molecule has 1 saturated carbocycles. The summed E-state index contributed by atoms with van der Waals surface area (Å²) in [6.45, 7) is 0.202. The van der Waals surface area contributed by atoms with Crippen LogP contribution in [-0.4, -0.2) is 46.8 Å². The number of imidazole rings is 1. The summed E-state index contributed by atoms with van der Waals surface area (Å²) < 4.78 is 7.88. The summed E-state index contributed by atoms with van der Waals surface area (Å²) in [4.78, 5) is 30.9. The predicted molar refractivity (Wildman–Crippen MR) is 98.5 cm³/mol. The lowest BCUT2D eigenvalue weighted by Crippen LogP contribution is -2.50. The van der Waals surface area contributed by atoms with Crippen molar-refractivity contribution in [2.24, 2.45) is 0 Å². The molecule has 1 fully saturated rings. The number of amides is 2. The highest BCUT2D eigenvalue weighted by Gasteiger charge is 2.33. The third-order valence-electron chi connectivity index (χ3n) is 4.51. The van der Waals surface area contributed by atoms with Crippen LogP contribution >= 0.6 is 11.8 Å². The van der Waals surface area contributed by atoms with Crippen molar-refractivity contribution in [3.8, 4) is 5.75 Å². The molecule has 1 aromatic heterocycles. The zero-order valence-corrected chi connectivity index (χ0v) is 15.2. The average molecular weight is 372 g/mol. The van der Waals surface area contributed by atoms with Crippen molar-refractivity contribution < 1.29 is 14.3 Å². The van der Waals surface area contributed by atoms with E-state index in [-0.39, 0.29) is 24.1 Å². The molecule has 0 bridgehead atoms. The lowest BCUT2D eigenvalue weighted by Gasteiger charge is -2.34. The molecule has 4 rings (SSSR count). The van der Waals surface area contributed by atoms with Gasteiger partial charge in [-0.05, 0) is 25.0 Å². The van der Waals surface area contributed by atoms with Gasteiger partial charge in [0.15, 0.2) is 11.3 Å². The molecule has 2 amide bonds. The number of aromatic nitrogens is 2. The first kappa shape index (κ1) is 17.0. The molecule has 2 aliphatic rings. The van der Waals surface area contributed by atoms with Crippen LogP contribution < -0.4 is 15.0 Å². The maximum atomic E-state index is 12.9.